The minimum atomic E-state index is -0.873. The highest BCUT2D eigenvalue weighted by Crippen LogP contribution is 2.29. The number of urea groups is 1. The van der Waals surface area contributed by atoms with Gasteiger partial charge in [-0.2, -0.15) is 5.26 Å². The van der Waals surface area contributed by atoms with Crippen molar-refractivity contribution < 1.29 is 9.72 Å². The summed E-state index contributed by atoms with van der Waals surface area (Å²) in [7, 11) is 0. The van der Waals surface area contributed by atoms with E-state index in [4.69, 9.17) is 12.2 Å². The number of amides is 2. The van der Waals surface area contributed by atoms with Crippen LogP contribution in [0.3, 0.4) is 0 Å². The summed E-state index contributed by atoms with van der Waals surface area (Å²) in [5, 5.41) is 20.5. The molecule has 0 unspecified atom stereocenters. The summed E-state index contributed by atoms with van der Waals surface area (Å²) in [5.74, 6) is 2.73. The van der Waals surface area contributed by atoms with Crippen molar-refractivity contribution in [3.05, 3.63) is 39.9 Å². The molecule has 2 amide bonds. The van der Waals surface area contributed by atoms with Crippen molar-refractivity contribution in [2.24, 2.45) is 5.73 Å². The Kier molecular flexibility index (Phi) is 5.92. The first-order valence-corrected chi connectivity index (χ1v) is 7.89. The molecular formula is C15H11N7O3S. The largest absolute Gasteiger partial charge is 0.350 e. The van der Waals surface area contributed by atoms with Crippen LogP contribution in [0.5, 0.6) is 0 Å². The van der Waals surface area contributed by atoms with Gasteiger partial charge in [0.2, 0.25) is 0 Å². The number of thioether (sulfide) groups is 1. The number of hydrogen-bond acceptors (Lipinski definition) is 8. The molecule has 0 atom stereocenters. The molecule has 4 N–H and O–H groups in total. The van der Waals surface area contributed by atoms with Gasteiger partial charge in [0, 0.05) is 17.7 Å². The quantitative estimate of drug-likeness (QED) is 0.228. The average molecular weight is 369 g/mol. The van der Waals surface area contributed by atoms with E-state index in [1.54, 1.807) is 0 Å². The zero-order chi connectivity index (χ0) is 19.1. The molecule has 130 valence electrons. The molecule has 1 heterocycles. The predicted octanol–water partition coefficient (Wildman–Crippen LogP) is 1.64. The van der Waals surface area contributed by atoms with Gasteiger partial charge in [-0.1, -0.05) is 17.7 Å². The number of primary amides is 1. The van der Waals surface area contributed by atoms with Crippen LogP contribution >= 0.6 is 11.8 Å². The highest BCUT2D eigenvalue weighted by atomic mass is 32.2. The second kappa shape index (κ2) is 8.32. The van der Waals surface area contributed by atoms with Crippen LogP contribution < -0.4 is 16.6 Å². The zero-order valence-electron chi connectivity index (χ0n) is 13.1. The molecule has 0 aliphatic rings. The van der Waals surface area contributed by atoms with Gasteiger partial charge in [0.25, 0.3) is 5.69 Å². The topological polar surface area (TPSA) is 160 Å². The number of carbonyl (C=O) groups is 1. The van der Waals surface area contributed by atoms with Crippen molar-refractivity contribution in [3.63, 3.8) is 0 Å². The monoisotopic (exact) mass is 369 g/mol. The van der Waals surface area contributed by atoms with Crippen molar-refractivity contribution >= 4 is 29.3 Å². The summed E-state index contributed by atoms with van der Waals surface area (Å²) in [4.78, 5) is 29.6. The molecule has 11 heteroatoms. The first kappa shape index (κ1) is 18.5. The molecule has 0 spiro atoms. The van der Waals surface area contributed by atoms with E-state index >= 15 is 0 Å². The molecule has 0 fully saturated rings. The fourth-order valence-electron chi connectivity index (χ4n) is 1.88. The van der Waals surface area contributed by atoms with E-state index in [0.717, 1.165) is 11.8 Å². The standard InChI is InChI=1S/C15H11N7O3S/c1-2-7-26-15-18-12(9-3-5-10(6-4-9)22(24)25)11(8-16)13(19-15)20-21-14(17)23/h1,3-6H,7H2,(H3,17,21,23)(H,18,19,20). The molecule has 10 nitrogen and oxygen atoms in total. The van der Waals surface area contributed by atoms with Crippen molar-refractivity contribution in [2.75, 3.05) is 11.2 Å². The maximum Gasteiger partial charge on any atom is 0.330 e. The fourth-order valence-corrected chi connectivity index (χ4v) is 2.40. The number of nitriles is 1. The number of nitro groups is 1. The van der Waals surface area contributed by atoms with Crippen LogP contribution in [0, 0.1) is 33.8 Å². The Morgan fingerprint density at radius 2 is 2.08 bits per heavy atom. The summed E-state index contributed by atoms with van der Waals surface area (Å²) in [6.07, 6.45) is 5.23. The third-order valence-electron chi connectivity index (χ3n) is 2.94. The van der Waals surface area contributed by atoms with Crippen molar-refractivity contribution in [1.82, 2.24) is 15.4 Å². The molecular weight excluding hydrogens is 358 g/mol. The molecule has 0 aliphatic heterocycles. The van der Waals surface area contributed by atoms with Crippen LogP contribution in [-0.4, -0.2) is 26.7 Å². The van der Waals surface area contributed by atoms with Gasteiger partial charge in [0.15, 0.2) is 11.0 Å². The highest BCUT2D eigenvalue weighted by molar-refractivity contribution is 7.99. The smallest absolute Gasteiger partial charge is 0.330 e. The molecule has 2 aromatic rings. The number of non-ortho nitro benzene ring substituents is 1. The number of benzene rings is 1. The number of hydrogen-bond donors (Lipinski definition) is 3. The van der Waals surface area contributed by atoms with Crippen molar-refractivity contribution in [2.45, 2.75) is 5.16 Å². The highest BCUT2D eigenvalue weighted by Gasteiger charge is 2.17. The molecule has 1 aromatic carbocycles. The van der Waals surface area contributed by atoms with Crippen molar-refractivity contribution in [3.8, 4) is 29.7 Å². The van der Waals surface area contributed by atoms with E-state index in [1.807, 2.05) is 6.07 Å². The Morgan fingerprint density at radius 1 is 1.38 bits per heavy atom. The van der Waals surface area contributed by atoms with E-state index < -0.39 is 11.0 Å². The molecule has 0 bridgehead atoms. The van der Waals surface area contributed by atoms with E-state index in [1.165, 1.54) is 24.3 Å². The van der Waals surface area contributed by atoms with Crippen LogP contribution in [0.25, 0.3) is 11.3 Å². The lowest BCUT2D eigenvalue weighted by molar-refractivity contribution is -0.384. The van der Waals surface area contributed by atoms with Gasteiger partial charge in [-0.25, -0.2) is 14.8 Å². The van der Waals surface area contributed by atoms with Crippen molar-refractivity contribution in [1.29, 1.82) is 5.26 Å². The first-order chi connectivity index (χ1) is 12.5. The van der Waals surface area contributed by atoms with Crippen LogP contribution in [0.1, 0.15) is 5.56 Å². The Bertz CT molecular complexity index is 932. The second-order valence-corrected chi connectivity index (χ2v) is 5.54. The third kappa shape index (κ3) is 4.37. The number of hydrazine groups is 1. The number of aromatic nitrogens is 2. The zero-order valence-corrected chi connectivity index (χ0v) is 13.9. The van der Waals surface area contributed by atoms with Crippen LogP contribution in [0.2, 0.25) is 0 Å². The maximum atomic E-state index is 10.9. The minimum absolute atomic E-state index is 0.0224. The number of nitrogens with two attached hydrogens (primary N) is 1. The molecule has 0 aliphatic carbocycles. The van der Waals surface area contributed by atoms with Crippen LogP contribution in [0.15, 0.2) is 29.4 Å². The molecule has 1 aromatic heterocycles. The van der Waals surface area contributed by atoms with Gasteiger partial charge < -0.3 is 5.73 Å². The lowest BCUT2D eigenvalue weighted by atomic mass is 10.1. The maximum absolute atomic E-state index is 10.9. The summed E-state index contributed by atoms with van der Waals surface area (Å²) in [5.41, 5.74) is 10.2. The van der Waals surface area contributed by atoms with E-state index in [2.05, 4.69) is 26.7 Å². The van der Waals surface area contributed by atoms with Gasteiger partial charge in [-0.05, 0) is 12.1 Å². The molecule has 0 radical (unpaired) electrons. The number of nitrogens with zero attached hydrogens (tertiary/aromatic N) is 4. The van der Waals surface area contributed by atoms with E-state index in [9.17, 15) is 20.2 Å². The van der Waals surface area contributed by atoms with Gasteiger partial charge >= 0.3 is 6.03 Å². The Morgan fingerprint density at radius 3 is 2.62 bits per heavy atom. The van der Waals surface area contributed by atoms with Gasteiger partial charge in [-0.3, -0.25) is 21.0 Å². The minimum Gasteiger partial charge on any atom is -0.350 e. The molecule has 0 saturated heterocycles. The second-order valence-electron chi connectivity index (χ2n) is 4.60. The Hall–Kier alpha value is -3.83. The Balaban J connectivity index is 2.55. The number of nitrogens with one attached hydrogen (secondary N) is 2. The molecule has 2 rings (SSSR count). The first-order valence-electron chi connectivity index (χ1n) is 6.91. The third-order valence-corrected chi connectivity index (χ3v) is 3.69. The number of carbonyl (C=O) groups excluding carboxylic acids is 1. The van der Waals surface area contributed by atoms with E-state index in [-0.39, 0.29) is 33.7 Å². The average Bonchev–Trinajstić information content (AvgIpc) is 2.64. The SMILES string of the molecule is C#CCSc1nc(NNC(N)=O)c(C#N)c(-c2ccc([N+](=O)[O-])cc2)n1. The normalized spacial score (nSPS) is 9.62. The van der Waals surface area contributed by atoms with Gasteiger partial charge in [0.1, 0.15) is 11.6 Å². The number of rotatable bonds is 6. The predicted molar refractivity (Wildman–Crippen MR) is 94.7 cm³/mol. The summed E-state index contributed by atoms with van der Waals surface area (Å²) >= 11 is 1.14. The van der Waals surface area contributed by atoms with Crippen LogP contribution in [-0.2, 0) is 0 Å². The Labute approximate surface area is 151 Å². The lowest BCUT2D eigenvalue weighted by Gasteiger charge is -2.12. The summed E-state index contributed by atoms with van der Waals surface area (Å²) in [6.45, 7) is 0. The molecule has 0 saturated carbocycles. The number of anilines is 1. The van der Waals surface area contributed by atoms with Gasteiger partial charge in [0.05, 0.1) is 16.4 Å². The van der Waals surface area contributed by atoms with E-state index in [0.29, 0.717) is 5.56 Å². The summed E-state index contributed by atoms with van der Waals surface area (Å²) in [6, 6.07) is 6.58. The number of nitro benzene ring substituents is 1. The lowest BCUT2D eigenvalue weighted by Crippen LogP contribution is -2.35. The van der Waals surface area contributed by atoms with Crippen LogP contribution in [0.4, 0.5) is 16.3 Å². The molecule has 26 heavy (non-hydrogen) atoms. The fraction of sp³-hybridized carbons (Fsp3) is 0.0667. The van der Waals surface area contributed by atoms with Gasteiger partial charge in [-0.15, -0.1) is 6.42 Å². The number of terminal acetylenes is 1. The summed E-state index contributed by atoms with van der Waals surface area (Å²) < 4.78 is 0.